The topological polar surface area (TPSA) is 96.0 Å². The first-order valence-corrected chi connectivity index (χ1v) is 10.1. The lowest BCUT2D eigenvalue weighted by molar-refractivity contribution is 0.628. The fourth-order valence-electron chi connectivity index (χ4n) is 3.91. The third-order valence-electron chi connectivity index (χ3n) is 5.58. The van der Waals surface area contributed by atoms with Gasteiger partial charge in [0.25, 0.3) is 0 Å². The van der Waals surface area contributed by atoms with E-state index in [2.05, 4.69) is 35.1 Å². The molecule has 0 unspecified atom stereocenters. The fraction of sp³-hybridized carbons (Fsp3) is 0.0417. The molecule has 0 saturated carbocycles. The van der Waals surface area contributed by atoms with E-state index in [9.17, 15) is 4.39 Å². The zero-order chi connectivity index (χ0) is 22.5. The first-order chi connectivity index (χ1) is 16.1. The van der Waals surface area contributed by atoms with Crippen molar-refractivity contribution >= 4 is 21.9 Å². The number of nitrogens with one attached hydrogen (secondary N) is 2. The van der Waals surface area contributed by atoms with E-state index in [0.29, 0.717) is 39.3 Å². The average molecular weight is 439 g/mol. The Hall–Kier alpha value is -4.53. The number of nitrogens with zero attached hydrogens (tertiary/aromatic N) is 5. The molecule has 0 spiro atoms. The van der Waals surface area contributed by atoms with Crippen molar-refractivity contribution in [2.45, 2.75) is 6.92 Å². The molecule has 7 nitrogen and oxygen atoms in total. The zero-order valence-corrected chi connectivity index (χ0v) is 17.3. The van der Waals surface area contributed by atoms with E-state index >= 15 is 4.39 Å². The van der Waals surface area contributed by atoms with E-state index in [1.807, 2.05) is 6.92 Å². The SMILES string of the molecule is Cc1ccncc1-c1ncc2[nH]nc(-c3nc4c(-c5ccc(F)cc5)nccc4[nH]3)c2c1F. The summed E-state index contributed by atoms with van der Waals surface area (Å²) < 4.78 is 29.1. The number of aryl methyl sites for hydroxylation is 1. The van der Waals surface area contributed by atoms with Crippen LogP contribution in [0.5, 0.6) is 0 Å². The van der Waals surface area contributed by atoms with Gasteiger partial charge in [-0.15, -0.1) is 0 Å². The van der Waals surface area contributed by atoms with Crippen molar-refractivity contribution < 1.29 is 8.78 Å². The van der Waals surface area contributed by atoms with Crippen LogP contribution in [0.25, 0.3) is 56.0 Å². The van der Waals surface area contributed by atoms with Gasteiger partial charge >= 0.3 is 0 Å². The molecule has 0 saturated heterocycles. The third-order valence-corrected chi connectivity index (χ3v) is 5.58. The van der Waals surface area contributed by atoms with Gasteiger partial charge in [0.15, 0.2) is 11.6 Å². The van der Waals surface area contributed by atoms with Gasteiger partial charge in [-0.1, -0.05) is 0 Å². The average Bonchev–Trinajstić information content (AvgIpc) is 3.45. The van der Waals surface area contributed by atoms with E-state index in [4.69, 9.17) is 0 Å². The number of imidazole rings is 1. The zero-order valence-electron chi connectivity index (χ0n) is 17.3. The molecule has 160 valence electrons. The van der Waals surface area contributed by atoms with E-state index < -0.39 is 5.82 Å². The van der Waals surface area contributed by atoms with Gasteiger partial charge < -0.3 is 4.98 Å². The number of H-pyrrole nitrogens is 2. The maximum absolute atomic E-state index is 15.7. The van der Waals surface area contributed by atoms with Gasteiger partial charge in [-0.05, 0) is 48.9 Å². The van der Waals surface area contributed by atoms with Gasteiger partial charge in [-0.25, -0.2) is 13.8 Å². The van der Waals surface area contributed by atoms with E-state index in [-0.39, 0.29) is 16.9 Å². The van der Waals surface area contributed by atoms with Crippen LogP contribution in [0.4, 0.5) is 8.78 Å². The summed E-state index contributed by atoms with van der Waals surface area (Å²) in [5, 5.41) is 7.42. The Morgan fingerprint density at radius 2 is 1.67 bits per heavy atom. The Morgan fingerprint density at radius 1 is 0.818 bits per heavy atom. The highest BCUT2D eigenvalue weighted by Gasteiger charge is 2.22. The van der Waals surface area contributed by atoms with E-state index in [1.165, 1.54) is 12.1 Å². The standard InChI is InChI=1S/C24H15F2N7/c1-12-6-8-27-10-15(12)21-19(26)18-17(11-29-21)32-33-23(18)24-30-16-7-9-28-20(22(16)31-24)13-2-4-14(25)5-3-13/h2-11H,1H3,(H,30,31)(H,32,33). The quantitative estimate of drug-likeness (QED) is 0.395. The molecule has 0 amide bonds. The molecule has 0 aliphatic rings. The molecule has 6 aromatic rings. The van der Waals surface area contributed by atoms with Gasteiger partial charge in [0.2, 0.25) is 0 Å². The summed E-state index contributed by atoms with van der Waals surface area (Å²) in [6, 6.07) is 9.60. The highest BCUT2D eigenvalue weighted by Crippen LogP contribution is 2.34. The van der Waals surface area contributed by atoms with Crippen LogP contribution in [-0.4, -0.2) is 35.1 Å². The molecule has 33 heavy (non-hydrogen) atoms. The molecule has 0 fully saturated rings. The summed E-state index contributed by atoms with van der Waals surface area (Å²) in [4.78, 5) is 20.7. The van der Waals surface area contributed by atoms with Crippen molar-refractivity contribution in [2.24, 2.45) is 0 Å². The van der Waals surface area contributed by atoms with Crippen molar-refractivity contribution in [1.82, 2.24) is 35.1 Å². The van der Waals surface area contributed by atoms with Gasteiger partial charge in [0, 0.05) is 29.7 Å². The molecule has 5 heterocycles. The van der Waals surface area contributed by atoms with Gasteiger partial charge in [-0.2, -0.15) is 5.10 Å². The number of rotatable bonds is 3. The molecule has 5 aromatic heterocycles. The smallest absolute Gasteiger partial charge is 0.161 e. The number of hydrogen-bond acceptors (Lipinski definition) is 5. The van der Waals surface area contributed by atoms with Crippen LogP contribution >= 0.6 is 0 Å². The highest BCUT2D eigenvalue weighted by atomic mass is 19.1. The van der Waals surface area contributed by atoms with Crippen LogP contribution in [0.3, 0.4) is 0 Å². The lowest BCUT2D eigenvalue weighted by Crippen LogP contribution is -1.94. The second kappa shape index (κ2) is 7.27. The molecule has 0 aliphatic heterocycles. The van der Waals surface area contributed by atoms with Crippen molar-refractivity contribution in [3.05, 3.63) is 78.4 Å². The summed E-state index contributed by atoms with van der Waals surface area (Å²) >= 11 is 0. The molecule has 2 N–H and O–H groups in total. The predicted octanol–water partition coefficient (Wildman–Crippen LogP) is 5.21. The van der Waals surface area contributed by atoms with Crippen LogP contribution in [0, 0.1) is 18.6 Å². The Morgan fingerprint density at radius 3 is 2.48 bits per heavy atom. The highest BCUT2D eigenvalue weighted by molar-refractivity contribution is 5.97. The number of benzene rings is 1. The van der Waals surface area contributed by atoms with Gasteiger partial charge in [-0.3, -0.25) is 20.1 Å². The van der Waals surface area contributed by atoms with Crippen molar-refractivity contribution in [3.63, 3.8) is 0 Å². The maximum Gasteiger partial charge on any atom is 0.161 e. The Balaban J connectivity index is 1.55. The Kier molecular flexibility index (Phi) is 4.22. The van der Waals surface area contributed by atoms with Crippen molar-refractivity contribution in [2.75, 3.05) is 0 Å². The van der Waals surface area contributed by atoms with Crippen LogP contribution < -0.4 is 0 Å². The largest absolute Gasteiger partial charge is 0.336 e. The summed E-state index contributed by atoms with van der Waals surface area (Å²) in [5.74, 6) is -0.461. The van der Waals surface area contributed by atoms with Crippen LogP contribution in [0.2, 0.25) is 0 Å². The van der Waals surface area contributed by atoms with Gasteiger partial charge in [0.1, 0.15) is 22.7 Å². The number of aromatic amines is 2. The molecule has 9 heteroatoms. The first-order valence-electron chi connectivity index (χ1n) is 10.1. The number of aromatic nitrogens is 7. The van der Waals surface area contributed by atoms with Crippen molar-refractivity contribution in [1.29, 1.82) is 0 Å². The molecule has 1 aromatic carbocycles. The minimum Gasteiger partial charge on any atom is -0.336 e. The minimum absolute atomic E-state index is 0.195. The third kappa shape index (κ3) is 3.05. The molecular weight excluding hydrogens is 424 g/mol. The summed E-state index contributed by atoms with van der Waals surface area (Å²) in [7, 11) is 0. The molecular formula is C24H15F2N7. The Labute approximate surface area is 185 Å². The number of pyridine rings is 3. The molecule has 0 radical (unpaired) electrons. The molecule has 0 aliphatic carbocycles. The first kappa shape index (κ1) is 19.2. The Bertz CT molecular complexity index is 1650. The summed E-state index contributed by atoms with van der Waals surface area (Å²) in [6.45, 7) is 1.88. The maximum atomic E-state index is 15.7. The molecule has 6 rings (SSSR count). The molecule has 0 atom stereocenters. The summed E-state index contributed by atoms with van der Waals surface area (Å²) in [6.07, 6.45) is 6.43. The second-order valence-corrected chi connectivity index (χ2v) is 7.62. The van der Waals surface area contributed by atoms with Crippen molar-refractivity contribution in [3.8, 4) is 34.0 Å². The number of fused-ring (bicyclic) bond motifs is 2. The molecule has 0 bridgehead atoms. The lowest BCUT2D eigenvalue weighted by Gasteiger charge is -2.06. The number of hydrogen-bond donors (Lipinski definition) is 2. The fourth-order valence-corrected chi connectivity index (χ4v) is 3.91. The van der Waals surface area contributed by atoms with Crippen LogP contribution in [0.15, 0.2) is 61.2 Å². The van der Waals surface area contributed by atoms with Gasteiger partial charge in [0.05, 0.1) is 28.3 Å². The van der Waals surface area contributed by atoms with E-state index in [1.54, 1.807) is 49.1 Å². The second-order valence-electron chi connectivity index (χ2n) is 7.62. The van der Waals surface area contributed by atoms with E-state index in [0.717, 1.165) is 11.1 Å². The monoisotopic (exact) mass is 439 g/mol. The van der Waals surface area contributed by atoms with Crippen LogP contribution in [-0.2, 0) is 0 Å². The number of halogens is 2. The minimum atomic E-state index is -0.510. The summed E-state index contributed by atoms with van der Waals surface area (Å²) in [5.41, 5.74) is 5.03. The predicted molar refractivity (Wildman–Crippen MR) is 120 cm³/mol. The normalized spacial score (nSPS) is 11.5. The lowest BCUT2D eigenvalue weighted by atomic mass is 10.1. The van der Waals surface area contributed by atoms with Crippen LogP contribution in [0.1, 0.15) is 5.56 Å².